The van der Waals surface area contributed by atoms with E-state index >= 15 is 0 Å². The fraction of sp³-hybridized carbons (Fsp3) is 0.500. The van der Waals surface area contributed by atoms with Gasteiger partial charge >= 0.3 is 0 Å². The zero-order valence-electron chi connectivity index (χ0n) is 7.51. The van der Waals surface area contributed by atoms with Crippen molar-refractivity contribution >= 4 is 9.52 Å². The lowest BCUT2D eigenvalue weighted by Crippen LogP contribution is -1.92. The van der Waals surface area contributed by atoms with E-state index in [0.717, 1.165) is 0 Å². The standard InChI is InChI=1S/C6H10O2.C2H8Si/c1-3-5-7-8-6-4-2;1-3-2/h3-4H,1-2,5-6H2;3H2,1-2H3. The van der Waals surface area contributed by atoms with E-state index in [1.165, 1.54) is 0 Å². The fourth-order valence-corrected chi connectivity index (χ4v) is 0.192. The van der Waals surface area contributed by atoms with Crippen LogP contribution in [0.1, 0.15) is 0 Å². The van der Waals surface area contributed by atoms with Gasteiger partial charge in [0.15, 0.2) is 0 Å². The van der Waals surface area contributed by atoms with Crippen molar-refractivity contribution in [3.05, 3.63) is 25.3 Å². The molecule has 0 bridgehead atoms. The summed E-state index contributed by atoms with van der Waals surface area (Å²) in [6.45, 7) is 12.2. The van der Waals surface area contributed by atoms with Crippen molar-refractivity contribution < 1.29 is 9.78 Å². The molecule has 0 aromatic rings. The second-order valence-corrected chi connectivity index (χ2v) is 3.27. The van der Waals surface area contributed by atoms with E-state index in [0.29, 0.717) is 22.7 Å². The van der Waals surface area contributed by atoms with Gasteiger partial charge in [-0.15, -0.1) is 13.2 Å². The predicted octanol–water partition coefficient (Wildman–Crippen LogP) is 1.56. The minimum absolute atomic E-state index is 0.417. The first kappa shape index (κ1) is 13.2. The third-order valence-electron chi connectivity index (χ3n) is 0.455. The summed E-state index contributed by atoms with van der Waals surface area (Å²) in [4.78, 5) is 9.07. The van der Waals surface area contributed by atoms with Crippen LogP contribution in [0.3, 0.4) is 0 Å². The summed E-state index contributed by atoms with van der Waals surface area (Å²) in [6, 6.07) is 0. The minimum Gasteiger partial charge on any atom is -0.232 e. The molecule has 0 rings (SSSR count). The third kappa shape index (κ3) is 26.2. The van der Waals surface area contributed by atoms with Crippen LogP contribution in [0.4, 0.5) is 0 Å². The molecule has 0 aliphatic heterocycles. The molecule has 0 aromatic heterocycles. The van der Waals surface area contributed by atoms with Crippen LogP contribution in [0.5, 0.6) is 0 Å². The molecule has 11 heavy (non-hydrogen) atoms. The van der Waals surface area contributed by atoms with E-state index in [-0.39, 0.29) is 0 Å². The molecule has 0 atom stereocenters. The molecule has 0 unspecified atom stereocenters. The smallest absolute Gasteiger partial charge is 0.100 e. The predicted molar refractivity (Wildman–Crippen MR) is 52.6 cm³/mol. The van der Waals surface area contributed by atoms with Crippen LogP contribution >= 0.6 is 0 Å². The molecule has 0 aliphatic rings. The molecule has 0 fully saturated rings. The third-order valence-corrected chi connectivity index (χ3v) is 0.455. The van der Waals surface area contributed by atoms with Crippen LogP contribution < -0.4 is 0 Å². The molecule has 0 heterocycles. The highest BCUT2D eigenvalue weighted by Crippen LogP contribution is 1.77. The van der Waals surface area contributed by atoms with E-state index in [4.69, 9.17) is 0 Å². The first-order valence-electron chi connectivity index (χ1n) is 3.79. The van der Waals surface area contributed by atoms with Gasteiger partial charge in [0.2, 0.25) is 0 Å². The Labute approximate surface area is 71.7 Å². The average molecular weight is 174 g/mol. The van der Waals surface area contributed by atoms with E-state index in [1.54, 1.807) is 12.2 Å². The van der Waals surface area contributed by atoms with Crippen molar-refractivity contribution in [1.82, 2.24) is 0 Å². The van der Waals surface area contributed by atoms with Crippen molar-refractivity contribution in [2.45, 2.75) is 13.1 Å². The number of rotatable bonds is 5. The van der Waals surface area contributed by atoms with Gasteiger partial charge in [-0.2, -0.15) is 0 Å². The summed E-state index contributed by atoms with van der Waals surface area (Å²) in [5.74, 6) is 0. The van der Waals surface area contributed by atoms with Gasteiger partial charge in [-0.25, -0.2) is 9.78 Å². The Hall–Kier alpha value is -0.383. The Balaban J connectivity index is 0. The largest absolute Gasteiger partial charge is 0.232 e. The highest BCUT2D eigenvalue weighted by molar-refractivity contribution is 6.31. The SMILES string of the molecule is C=CCOOCC=C.C[SiH2]C. The summed E-state index contributed by atoms with van der Waals surface area (Å²) in [7, 11) is 0.417. The van der Waals surface area contributed by atoms with E-state index in [9.17, 15) is 0 Å². The van der Waals surface area contributed by atoms with Crippen LogP contribution in [0.2, 0.25) is 13.1 Å². The first-order valence-corrected chi connectivity index (χ1v) is 6.62. The fourth-order valence-electron chi connectivity index (χ4n) is 0.192. The van der Waals surface area contributed by atoms with Crippen LogP contribution in [-0.2, 0) is 9.78 Å². The molecule has 0 spiro atoms. The molecule has 3 heteroatoms. The van der Waals surface area contributed by atoms with Gasteiger partial charge in [0.1, 0.15) is 13.2 Å². The maximum atomic E-state index is 4.53. The lowest BCUT2D eigenvalue weighted by Gasteiger charge is -1.94. The quantitative estimate of drug-likeness (QED) is 0.207. The summed E-state index contributed by atoms with van der Waals surface area (Å²) in [5, 5.41) is 0. The van der Waals surface area contributed by atoms with Crippen molar-refractivity contribution in [3.63, 3.8) is 0 Å². The molecule has 0 aliphatic carbocycles. The lowest BCUT2D eigenvalue weighted by molar-refractivity contribution is -0.277. The van der Waals surface area contributed by atoms with E-state index in [1.807, 2.05) is 0 Å². The van der Waals surface area contributed by atoms with Crippen molar-refractivity contribution in [3.8, 4) is 0 Å². The van der Waals surface area contributed by atoms with Crippen LogP contribution in [0.15, 0.2) is 25.3 Å². The first-order chi connectivity index (χ1) is 5.33. The average Bonchev–Trinajstić information content (AvgIpc) is 2.00. The van der Waals surface area contributed by atoms with E-state index in [2.05, 4.69) is 36.0 Å². The normalized spacial score (nSPS) is 7.82. The maximum absolute atomic E-state index is 4.53. The summed E-state index contributed by atoms with van der Waals surface area (Å²) in [6.07, 6.45) is 3.23. The summed E-state index contributed by atoms with van der Waals surface area (Å²) < 4.78 is 0. The van der Waals surface area contributed by atoms with Crippen molar-refractivity contribution in [2.24, 2.45) is 0 Å². The molecule has 0 aromatic carbocycles. The number of hydrogen-bond donors (Lipinski definition) is 0. The van der Waals surface area contributed by atoms with E-state index < -0.39 is 0 Å². The monoisotopic (exact) mass is 174 g/mol. The molecule has 2 nitrogen and oxygen atoms in total. The highest BCUT2D eigenvalue weighted by atomic mass is 28.2. The van der Waals surface area contributed by atoms with Gasteiger partial charge < -0.3 is 0 Å². The van der Waals surface area contributed by atoms with Crippen LogP contribution in [-0.4, -0.2) is 22.7 Å². The molecular weight excluding hydrogens is 156 g/mol. The minimum atomic E-state index is 0.417. The van der Waals surface area contributed by atoms with Crippen molar-refractivity contribution in [2.75, 3.05) is 13.2 Å². The molecule has 0 saturated carbocycles. The Bertz CT molecular complexity index is 74.2. The Morgan fingerprint density at radius 3 is 1.55 bits per heavy atom. The van der Waals surface area contributed by atoms with Crippen molar-refractivity contribution in [1.29, 1.82) is 0 Å². The van der Waals surface area contributed by atoms with Gasteiger partial charge in [0.25, 0.3) is 0 Å². The molecule has 0 N–H and O–H groups in total. The second-order valence-electron chi connectivity index (χ2n) is 1.85. The van der Waals surface area contributed by atoms with Crippen LogP contribution in [0, 0.1) is 0 Å². The molecule has 66 valence electrons. The maximum Gasteiger partial charge on any atom is 0.100 e. The van der Waals surface area contributed by atoms with Gasteiger partial charge in [-0.3, -0.25) is 0 Å². The van der Waals surface area contributed by atoms with Gasteiger partial charge in [0, 0.05) is 9.52 Å². The Morgan fingerprint density at radius 1 is 1.09 bits per heavy atom. The Morgan fingerprint density at radius 2 is 1.36 bits per heavy atom. The lowest BCUT2D eigenvalue weighted by atomic mass is 10.7. The van der Waals surface area contributed by atoms with Gasteiger partial charge in [-0.1, -0.05) is 25.2 Å². The summed E-state index contributed by atoms with van der Waals surface area (Å²) in [5.41, 5.74) is 0. The zero-order chi connectivity index (χ0) is 8.95. The second kappa shape index (κ2) is 16.3. The molecule has 0 amide bonds. The zero-order valence-corrected chi connectivity index (χ0v) is 8.92. The molecule has 0 radical (unpaired) electrons. The number of hydrogen-bond acceptors (Lipinski definition) is 2. The topological polar surface area (TPSA) is 18.5 Å². The highest BCUT2D eigenvalue weighted by Gasteiger charge is 1.76. The molecule has 0 saturated heterocycles. The van der Waals surface area contributed by atoms with Gasteiger partial charge in [0.05, 0.1) is 0 Å². The Kier molecular flexibility index (Phi) is 19.6. The summed E-state index contributed by atoms with van der Waals surface area (Å²) >= 11 is 0. The van der Waals surface area contributed by atoms with Gasteiger partial charge in [-0.05, 0) is 0 Å². The molecular formula is C8H18O2Si. The van der Waals surface area contributed by atoms with Crippen LogP contribution in [0.25, 0.3) is 0 Å².